The highest BCUT2D eigenvalue weighted by atomic mass is 79.9. The van der Waals surface area contributed by atoms with Crippen molar-refractivity contribution in [1.29, 1.82) is 0 Å². The van der Waals surface area contributed by atoms with Crippen LogP contribution < -0.4 is 4.74 Å². The predicted molar refractivity (Wildman–Crippen MR) is 80.9 cm³/mol. The lowest BCUT2D eigenvalue weighted by atomic mass is 10.2. The Bertz CT molecular complexity index is 567. The summed E-state index contributed by atoms with van der Waals surface area (Å²) in [4.78, 5) is 0. The van der Waals surface area contributed by atoms with Crippen LogP contribution in [0.3, 0.4) is 0 Å². The van der Waals surface area contributed by atoms with E-state index in [9.17, 15) is 5.11 Å². The molecular formula is C14H11BrCl2O2. The summed E-state index contributed by atoms with van der Waals surface area (Å²) in [5, 5.41) is 10.3. The summed E-state index contributed by atoms with van der Waals surface area (Å²) in [5.74, 6) is 0.656. The summed E-state index contributed by atoms with van der Waals surface area (Å²) in [5.41, 5.74) is 1.52. The van der Waals surface area contributed by atoms with Crippen molar-refractivity contribution in [3.63, 3.8) is 0 Å². The Morgan fingerprint density at radius 1 is 1.11 bits per heavy atom. The quantitative estimate of drug-likeness (QED) is 0.845. The van der Waals surface area contributed by atoms with E-state index in [0.29, 0.717) is 15.8 Å². The molecule has 0 unspecified atom stereocenters. The highest BCUT2D eigenvalue weighted by Crippen LogP contribution is 2.27. The van der Waals surface area contributed by atoms with Gasteiger partial charge < -0.3 is 9.84 Å². The summed E-state index contributed by atoms with van der Waals surface area (Å²) in [6.45, 7) is 0.232. The van der Waals surface area contributed by atoms with Crippen LogP contribution in [-0.4, -0.2) is 5.11 Å². The Balaban J connectivity index is 2.15. The number of benzene rings is 2. The van der Waals surface area contributed by atoms with Crippen molar-refractivity contribution in [1.82, 2.24) is 0 Å². The summed E-state index contributed by atoms with van der Waals surface area (Å²) >= 11 is 15.5. The molecule has 0 aliphatic rings. The first-order valence-electron chi connectivity index (χ1n) is 5.57. The van der Waals surface area contributed by atoms with E-state index in [-0.39, 0.29) is 13.2 Å². The van der Waals surface area contributed by atoms with Crippen molar-refractivity contribution < 1.29 is 9.84 Å². The lowest BCUT2D eigenvalue weighted by Gasteiger charge is -2.11. The Kier molecular flexibility index (Phi) is 5.11. The molecule has 0 radical (unpaired) electrons. The summed E-state index contributed by atoms with van der Waals surface area (Å²) in [7, 11) is 0. The molecule has 19 heavy (non-hydrogen) atoms. The zero-order valence-electron chi connectivity index (χ0n) is 9.87. The van der Waals surface area contributed by atoms with Gasteiger partial charge in [-0.25, -0.2) is 0 Å². The van der Waals surface area contributed by atoms with Gasteiger partial charge in [0.15, 0.2) is 0 Å². The monoisotopic (exact) mass is 360 g/mol. The Morgan fingerprint density at radius 2 is 1.79 bits per heavy atom. The van der Waals surface area contributed by atoms with Crippen LogP contribution in [0.25, 0.3) is 0 Å². The van der Waals surface area contributed by atoms with Crippen molar-refractivity contribution in [3.05, 3.63) is 62.0 Å². The van der Waals surface area contributed by atoms with Crippen LogP contribution >= 0.6 is 39.1 Å². The summed E-state index contributed by atoms with van der Waals surface area (Å²) < 4.78 is 6.50. The Hall–Kier alpha value is -0.740. The van der Waals surface area contributed by atoms with Crippen molar-refractivity contribution in [2.45, 2.75) is 13.2 Å². The predicted octanol–water partition coefficient (Wildman–Crippen LogP) is 4.83. The van der Waals surface area contributed by atoms with Gasteiger partial charge in [0.05, 0.1) is 6.61 Å². The van der Waals surface area contributed by atoms with E-state index in [1.807, 2.05) is 12.1 Å². The normalized spacial score (nSPS) is 10.5. The zero-order chi connectivity index (χ0) is 13.8. The highest BCUT2D eigenvalue weighted by Gasteiger charge is 2.07. The van der Waals surface area contributed by atoms with Gasteiger partial charge in [-0.15, -0.1) is 0 Å². The van der Waals surface area contributed by atoms with E-state index in [2.05, 4.69) is 15.9 Å². The molecule has 0 atom stereocenters. The molecule has 0 fully saturated rings. The number of halogens is 3. The van der Waals surface area contributed by atoms with Gasteiger partial charge >= 0.3 is 0 Å². The maximum Gasteiger partial charge on any atom is 0.120 e. The van der Waals surface area contributed by atoms with Crippen molar-refractivity contribution in [2.75, 3.05) is 0 Å². The molecule has 0 aliphatic carbocycles. The SMILES string of the molecule is OCc1cc(OCc2c(Cl)cccc2Cl)ccc1Br. The molecule has 0 amide bonds. The first kappa shape index (κ1) is 14.7. The van der Waals surface area contributed by atoms with Crippen LogP contribution in [0.2, 0.25) is 10.0 Å². The van der Waals surface area contributed by atoms with Gasteiger partial charge in [-0.2, -0.15) is 0 Å². The fourth-order valence-electron chi connectivity index (χ4n) is 1.59. The number of hydrogen-bond acceptors (Lipinski definition) is 2. The van der Waals surface area contributed by atoms with Crippen LogP contribution in [0.4, 0.5) is 0 Å². The van der Waals surface area contributed by atoms with Crippen LogP contribution in [0.1, 0.15) is 11.1 Å². The van der Waals surface area contributed by atoms with Crippen LogP contribution in [0, 0.1) is 0 Å². The van der Waals surface area contributed by atoms with E-state index in [1.165, 1.54) is 0 Å². The zero-order valence-corrected chi connectivity index (χ0v) is 13.0. The first-order chi connectivity index (χ1) is 9.11. The van der Waals surface area contributed by atoms with E-state index < -0.39 is 0 Å². The van der Waals surface area contributed by atoms with E-state index >= 15 is 0 Å². The van der Waals surface area contributed by atoms with Gasteiger partial charge in [0.1, 0.15) is 12.4 Å². The number of aliphatic hydroxyl groups is 1. The molecule has 0 aliphatic heterocycles. The minimum Gasteiger partial charge on any atom is -0.489 e. The molecule has 2 rings (SSSR count). The van der Waals surface area contributed by atoms with E-state index in [1.54, 1.807) is 24.3 Å². The van der Waals surface area contributed by atoms with Crippen molar-refractivity contribution in [3.8, 4) is 5.75 Å². The minimum absolute atomic E-state index is 0.0510. The molecule has 2 aromatic carbocycles. The van der Waals surface area contributed by atoms with Crippen molar-refractivity contribution >= 4 is 39.1 Å². The molecule has 2 nitrogen and oxygen atoms in total. The van der Waals surface area contributed by atoms with Crippen LogP contribution in [0.15, 0.2) is 40.9 Å². The third-order valence-corrected chi connectivity index (χ3v) is 4.11. The second kappa shape index (κ2) is 6.62. The smallest absolute Gasteiger partial charge is 0.120 e. The molecule has 0 spiro atoms. The average Bonchev–Trinajstić information content (AvgIpc) is 2.40. The fraction of sp³-hybridized carbons (Fsp3) is 0.143. The van der Waals surface area contributed by atoms with Gasteiger partial charge in [-0.3, -0.25) is 0 Å². The van der Waals surface area contributed by atoms with Gasteiger partial charge in [0.2, 0.25) is 0 Å². The molecule has 2 aromatic rings. The maximum absolute atomic E-state index is 9.19. The third kappa shape index (κ3) is 3.63. The van der Waals surface area contributed by atoms with Gasteiger partial charge in [-0.1, -0.05) is 45.2 Å². The standard InChI is InChI=1S/C14H11BrCl2O2/c15-12-5-4-10(6-9(12)7-18)19-8-11-13(16)2-1-3-14(11)17/h1-6,18H,7-8H2. The number of hydrogen-bond donors (Lipinski definition) is 1. The summed E-state index contributed by atoms with van der Waals surface area (Å²) in [6.07, 6.45) is 0. The average molecular weight is 362 g/mol. The molecule has 0 saturated carbocycles. The van der Waals surface area contributed by atoms with Crippen molar-refractivity contribution in [2.24, 2.45) is 0 Å². The lowest BCUT2D eigenvalue weighted by molar-refractivity contribution is 0.277. The number of rotatable bonds is 4. The van der Waals surface area contributed by atoms with Gasteiger partial charge in [0.25, 0.3) is 0 Å². The summed E-state index contributed by atoms with van der Waals surface area (Å²) in [6, 6.07) is 10.7. The molecule has 0 aromatic heterocycles. The fourth-order valence-corrected chi connectivity index (χ4v) is 2.47. The second-order valence-corrected chi connectivity index (χ2v) is 5.57. The Morgan fingerprint density at radius 3 is 2.42 bits per heavy atom. The van der Waals surface area contributed by atoms with Crippen LogP contribution in [0.5, 0.6) is 5.75 Å². The minimum atomic E-state index is -0.0510. The largest absolute Gasteiger partial charge is 0.489 e. The lowest BCUT2D eigenvalue weighted by Crippen LogP contribution is -1.98. The molecular weight excluding hydrogens is 351 g/mol. The van der Waals surface area contributed by atoms with E-state index in [0.717, 1.165) is 15.6 Å². The topological polar surface area (TPSA) is 29.5 Å². The third-order valence-electron chi connectivity index (χ3n) is 2.63. The van der Waals surface area contributed by atoms with Gasteiger partial charge in [0, 0.05) is 20.1 Å². The molecule has 0 heterocycles. The number of ether oxygens (including phenoxy) is 1. The highest BCUT2D eigenvalue weighted by molar-refractivity contribution is 9.10. The molecule has 5 heteroatoms. The first-order valence-corrected chi connectivity index (χ1v) is 7.11. The van der Waals surface area contributed by atoms with Gasteiger partial charge in [-0.05, 0) is 35.9 Å². The second-order valence-electron chi connectivity index (χ2n) is 3.90. The number of aliphatic hydroxyl groups excluding tert-OH is 1. The molecule has 0 saturated heterocycles. The molecule has 1 N–H and O–H groups in total. The Labute approximate surface area is 130 Å². The van der Waals surface area contributed by atoms with Crippen LogP contribution in [-0.2, 0) is 13.2 Å². The molecule has 100 valence electrons. The molecule has 0 bridgehead atoms. The van der Waals surface area contributed by atoms with E-state index in [4.69, 9.17) is 27.9 Å². The maximum atomic E-state index is 9.19.